The van der Waals surface area contributed by atoms with Gasteiger partial charge in [-0.1, -0.05) is 98.7 Å². The number of imidazole rings is 3. The third-order valence-electron chi connectivity index (χ3n) is 18.3. The molecule has 0 atom stereocenters. The topological polar surface area (TPSA) is 335 Å². The minimum absolute atomic E-state index is 0. The van der Waals surface area contributed by atoms with Gasteiger partial charge in [0.1, 0.15) is 71.8 Å². The summed E-state index contributed by atoms with van der Waals surface area (Å²) in [5, 5.41) is 0. The van der Waals surface area contributed by atoms with Gasteiger partial charge in [-0.2, -0.15) is 0 Å². The van der Waals surface area contributed by atoms with Crippen LogP contribution in [0.1, 0.15) is 163 Å². The molecule has 3 heterocycles. The summed E-state index contributed by atoms with van der Waals surface area (Å²) in [6.45, 7) is 21.3. The fourth-order valence-electron chi connectivity index (χ4n) is 12.7. The van der Waals surface area contributed by atoms with Gasteiger partial charge in [0.15, 0.2) is 0 Å². The molecule has 6 aromatic carbocycles. The molecular formula is C78H101Cl2N9O15Zn. The molecule has 27 heteroatoms. The molecule has 24 nitrogen and oxygen atoms in total. The van der Waals surface area contributed by atoms with E-state index in [4.69, 9.17) is 80.6 Å². The zero-order chi connectivity index (χ0) is 76.0. The Morgan fingerprint density at radius 2 is 0.514 bits per heavy atom. The van der Waals surface area contributed by atoms with Gasteiger partial charge in [-0.05, 0) is 103 Å². The number of benzene rings is 6. The molecular weight excluding hydrogens is 1440 g/mol. The van der Waals surface area contributed by atoms with E-state index >= 15 is 0 Å². The number of ether oxygens (including phenoxy) is 6. The van der Waals surface area contributed by atoms with Crippen molar-refractivity contribution in [2.45, 2.75) is 137 Å². The second-order valence-electron chi connectivity index (χ2n) is 29.7. The Labute approximate surface area is 634 Å². The average Bonchev–Trinajstić information content (AvgIpc) is 1.33. The maximum atomic E-state index is 8.49. The van der Waals surface area contributed by atoms with Gasteiger partial charge >= 0.3 is 19.5 Å². The summed E-state index contributed by atoms with van der Waals surface area (Å²) in [4.78, 5) is 20.8. The quantitative estimate of drug-likeness (QED) is 0.129. The molecule has 9 aromatic rings. The van der Waals surface area contributed by atoms with E-state index in [0.29, 0.717) is 38.5 Å². The molecule has 0 fully saturated rings. The van der Waals surface area contributed by atoms with E-state index in [0.717, 1.165) is 136 Å². The molecule has 0 saturated heterocycles. The number of aromatic nitrogens is 6. The van der Waals surface area contributed by atoms with Gasteiger partial charge in [0, 0.05) is 190 Å². The van der Waals surface area contributed by atoms with Gasteiger partial charge in [-0.3, -0.25) is 0 Å². The molecule has 3 aromatic heterocycles. The predicted molar refractivity (Wildman–Crippen MR) is 380 cm³/mol. The van der Waals surface area contributed by atoms with Gasteiger partial charge in [0.2, 0.25) is 0 Å². The molecule has 0 aliphatic heterocycles. The van der Waals surface area contributed by atoms with Crippen LogP contribution in [0.3, 0.4) is 0 Å². The molecule has 0 amide bonds. The van der Waals surface area contributed by atoms with Crippen molar-refractivity contribution in [3.8, 4) is 34.5 Å². The van der Waals surface area contributed by atoms with Crippen molar-refractivity contribution in [2.24, 2.45) is 21.1 Å². The van der Waals surface area contributed by atoms with Crippen molar-refractivity contribution < 1.29 is 111 Å². The summed E-state index contributed by atoms with van der Waals surface area (Å²) in [5.41, 5.74) is 18.4. The third-order valence-corrected chi connectivity index (χ3v) is 18.3. The first kappa shape index (κ1) is 85.9. The summed E-state index contributed by atoms with van der Waals surface area (Å²) >= 11 is 0. The van der Waals surface area contributed by atoms with Crippen molar-refractivity contribution in [2.75, 3.05) is 78.3 Å². The smallest absolute Gasteiger partial charge is 0.496 e. The molecule has 1 aliphatic carbocycles. The number of hydrogen-bond donors (Lipinski definition) is 0. The summed E-state index contributed by atoms with van der Waals surface area (Å²) in [6.07, 6.45) is 14.4. The number of anilines is 3. The summed E-state index contributed by atoms with van der Waals surface area (Å²) in [5.74, 6) is 7.27. The van der Waals surface area contributed by atoms with E-state index in [2.05, 4.69) is 192 Å². The van der Waals surface area contributed by atoms with Crippen molar-refractivity contribution in [3.05, 3.63) is 211 Å². The molecule has 0 radical (unpaired) electrons. The van der Waals surface area contributed by atoms with Crippen LogP contribution in [0.2, 0.25) is 0 Å². The summed E-state index contributed by atoms with van der Waals surface area (Å²) < 4.78 is 116. The van der Waals surface area contributed by atoms with Crippen LogP contribution < -0.4 is 80.4 Å². The number of hydrogen-bond acceptors (Lipinski definition) is 20. The average molecular weight is 1540 g/mol. The van der Waals surface area contributed by atoms with Crippen LogP contribution in [-0.2, 0) is 115 Å². The van der Waals surface area contributed by atoms with Crippen molar-refractivity contribution in [1.82, 2.24) is 28.7 Å². The Morgan fingerprint density at radius 1 is 0.343 bits per heavy atom. The predicted octanol–water partition coefficient (Wildman–Crippen LogP) is 4.26. The maximum Gasteiger partial charge on any atom is 2.00 e. The maximum absolute atomic E-state index is 8.49. The van der Waals surface area contributed by atoms with Gasteiger partial charge in [0.05, 0.1) is 21.3 Å². The van der Waals surface area contributed by atoms with E-state index in [9.17, 15) is 0 Å². The zero-order valence-corrected chi connectivity index (χ0v) is 68.9. The van der Waals surface area contributed by atoms with Crippen molar-refractivity contribution in [1.29, 1.82) is 0 Å². The Hall–Kier alpha value is -8.01. The first-order valence-corrected chi connectivity index (χ1v) is 36.1. The Morgan fingerprint density at radius 3 is 0.648 bits per heavy atom. The molecule has 1 aliphatic rings. The molecule has 2 N–H and O–H groups in total. The van der Waals surface area contributed by atoms with Crippen LogP contribution in [0.25, 0.3) is 0 Å². The molecule has 0 unspecified atom stereocenters. The largest absolute Gasteiger partial charge is 2.00 e. The zero-order valence-electron chi connectivity index (χ0n) is 64.5. The number of aryl methyl sites for hydroxylation is 3. The van der Waals surface area contributed by atoms with E-state index in [-0.39, 0.29) is 61.0 Å². The van der Waals surface area contributed by atoms with Crippen LogP contribution in [0, 0.1) is 20.5 Å². The summed E-state index contributed by atoms with van der Waals surface area (Å²) in [6, 6.07) is 27.8. The molecule has 12 bridgehead atoms. The van der Waals surface area contributed by atoms with Crippen LogP contribution in [-0.4, -0.2) is 97.7 Å². The fraction of sp³-hybridized carbons (Fsp3) is 0.423. The van der Waals surface area contributed by atoms with Crippen molar-refractivity contribution >= 4 is 17.1 Å². The Kier molecular flexibility index (Phi) is 28.8. The molecule has 10 rings (SSSR count). The minimum Gasteiger partial charge on any atom is -0.496 e. The number of rotatable bonds is 15. The minimum atomic E-state index is -4.94. The standard InChI is InChI=1S/C78H99N9O6.2ClHO4.H2O.Zn/c1-76(2,3)61-34-49-28-55-40-64(82(10)11)42-57(70(55)88-19)30-51-36-62(77(4,5)6)38-53(74(51)92-47-68-80-23-26-86(68)17)32-59-44-66(84(14)15)45-60(72(59)90-21)33-54-39-63(78(7,8)9)37-52(75(54)93-48-69-81-24-27-87(69)18)31-58-43-65(83(12)13)41-56(71(58)89-20)29-50(35-61)73(49)91-46-67-79-22-25-85(67)16;2*2-1(3,4)5;;/h22-27,34-45H,28-33,46-48H2,1-21H3;2*(H,2,3,4,5);1H2;/q;;;;+2/p-2. The molecule has 105 heavy (non-hydrogen) atoms. The number of nitrogens with zero attached hydrogens (tertiary/aromatic N) is 9. The first-order chi connectivity index (χ1) is 48.0. The molecule has 0 spiro atoms. The van der Waals surface area contributed by atoms with E-state index in [1.807, 2.05) is 72.0 Å². The second-order valence-corrected chi connectivity index (χ2v) is 31.3. The monoisotopic (exact) mass is 1540 g/mol. The second kappa shape index (κ2) is 35.1. The number of halogens is 2. The van der Waals surface area contributed by atoms with Gasteiger partial charge in [0.25, 0.3) is 0 Å². The van der Waals surface area contributed by atoms with E-state index in [1.54, 1.807) is 21.3 Å². The normalized spacial score (nSPS) is 12.5. The Balaban J connectivity index is 0.00000135. The Bertz CT molecular complexity index is 3830. The van der Waals surface area contributed by atoms with Crippen LogP contribution in [0.4, 0.5) is 17.1 Å². The van der Waals surface area contributed by atoms with Crippen LogP contribution >= 0.6 is 0 Å². The van der Waals surface area contributed by atoms with Crippen LogP contribution in [0.5, 0.6) is 34.5 Å². The van der Waals surface area contributed by atoms with Gasteiger partial charge < -0.3 is 62.3 Å². The molecule has 564 valence electrons. The van der Waals surface area contributed by atoms with Gasteiger partial charge in [-0.15, -0.1) is 20.5 Å². The SMILES string of the molecule is COc1c2cc(N(C)C)cc1Cc1cc(C(C)(C)C)cc(c1OCc1nccn1C)Cc1cc(N(C)C)cc(c1OC)Cc1cc(C(C)(C)C)cc(c1OCc1nccn1C)Cc1cc(N(C)C)cc(c1OC)Cc1cc(C(C)(C)C)cc(c1OCc1nccn1C)C2.O.[O-][Cl+3]([O-])([O-])[O-].[O-][Cl+3]([O-])([O-])[O-].[Zn+2]. The van der Waals surface area contributed by atoms with Crippen LogP contribution in [0.15, 0.2) is 110 Å². The third kappa shape index (κ3) is 22.8. The number of methoxy groups -OCH3 is 3. The molecule has 0 saturated carbocycles. The van der Waals surface area contributed by atoms with E-state index in [1.165, 1.54) is 16.7 Å². The summed E-state index contributed by atoms with van der Waals surface area (Å²) in [7, 11) is 14.2. The van der Waals surface area contributed by atoms with Gasteiger partial charge in [-0.25, -0.2) is 52.2 Å². The first-order valence-electron chi connectivity index (χ1n) is 33.6. The fourth-order valence-corrected chi connectivity index (χ4v) is 12.7. The van der Waals surface area contributed by atoms with Crippen molar-refractivity contribution in [3.63, 3.8) is 0 Å². The number of fused-ring (bicyclic) bond motifs is 12. The van der Waals surface area contributed by atoms with E-state index < -0.39 is 20.5 Å².